The molecule has 2 aliphatic carbocycles. The van der Waals surface area contributed by atoms with Crippen molar-refractivity contribution in [1.82, 2.24) is 9.88 Å². The zero-order valence-corrected chi connectivity index (χ0v) is 18.4. The number of aromatic nitrogens is 1. The van der Waals surface area contributed by atoms with Crippen molar-refractivity contribution in [3.63, 3.8) is 0 Å². The number of carbonyl (C=O) groups is 1. The first-order valence-electron chi connectivity index (χ1n) is 10.9. The molecule has 174 valence electrons. The Morgan fingerprint density at radius 3 is 2.38 bits per heavy atom. The lowest BCUT2D eigenvalue weighted by Gasteiger charge is -2.56. The maximum atomic E-state index is 13.2. The standard InChI is InChI=1S/C22H25F3N2O4S/c1-12(4-21(28)27-15-6-13-5-14(8-15)9-16(27)7-13)19-11-26-20-3-2-17(10-18(19)20)31-32(29,30)22(23,24)25/h2-3,10-16,26H,4-9H2,1H3. The maximum Gasteiger partial charge on any atom is 0.534 e. The van der Waals surface area contributed by atoms with Crippen LogP contribution in [0.1, 0.15) is 56.9 Å². The summed E-state index contributed by atoms with van der Waals surface area (Å²) in [6.45, 7) is 1.90. The van der Waals surface area contributed by atoms with Gasteiger partial charge in [0.1, 0.15) is 5.75 Å². The van der Waals surface area contributed by atoms with Crippen LogP contribution in [-0.2, 0) is 14.9 Å². The fraction of sp³-hybridized carbons (Fsp3) is 0.591. The van der Waals surface area contributed by atoms with Gasteiger partial charge in [-0.2, -0.15) is 21.6 Å². The molecule has 4 aliphatic rings. The lowest BCUT2D eigenvalue weighted by molar-refractivity contribution is -0.149. The number of amides is 1. The summed E-state index contributed by atoms with van der Waals surface area (Å²) in [5.41, 5.74) is -4.13. The zero-order valence-electron chi connectivity index (χ0n) is 17.6. The first kappa shape index (κ1) is 21.6. The first-order valence-corrected chi connectivity index (χ1v) is 12.4. The Hall–Kier alpha value is -2.23. The van der Waals surface area contributed by atoms with Crippen molar-refractivity contribution in [2.45, 2.75) is 69.0 Å². The molecule has 0 spiro atoms. The molecule has 6 nitrogen and oxygen atoms in total. The number of H-pyrrole nitrogens is 1. The fourth-order valence-corrected chi connectivity index (χ4v) is 6.62. The number of halogens is 3. The number of nitrogens with one attached hydrogen (secondary N) is 1. The Bertz CT molecular complexity index is 1130. The number of hydrogen-bond donors (Lipinski definition) is 1. The van der Waals surface area contributed by atoms with Crippen molar-refractivity contribution in [2.24, 2.45) is 11.8 Å². The minimum Gasteiger partial charge on any atom is -0.376 e. The van der Waals surface area contributed by atoms with Crippen LogP contribution in [0.3, 0.4) is 0 Å². The molecule has 1 aromatic heterocycles. The summed E-state index contributed by atoms with van der Waals surface area (Å²) in [6, 6.07) is 4.58. The third-order valence-electron chi connectivity index (χ3n) is 7.35. The number of carbonyl (C=O) groups excluding carboxylic acids is 1. The van der Waals surface area contributed by atoms with Gasteiger partial charge in [-0.25, -0.2) is 0 Å². The molecule has 2 aliphatic heterocycles. The summed E-state index contributed by atoms with van der Waals surface area (Å²) in [5, 5.41) is 0.542. The topological polar surface area (TPSA) is 79.5 Å². The molecule has 1 aromatic carbocycles. The second kappa shape index (κ2) is 7.40. The predicted molar refractivity (Wildman–Crippen MR) is 111 cm³/mol. The molecule has 1 amide bonds. The third kappa shape index (κ3) is 3.66. The number of fused-ring (bicyclic) bond motifs is 1. The van der Waals surface area contributed by atoms with E-state index in [-0.39, 0.29) is 11.8 Å². The van der Waals surface area contributed by atoms with Gasteiger partial charge in [-0.3, -0.25) is 4.79 Å². The van der Waals surface area contributed by atoms with Gasteiger partial charge < -0.3 is 14.1 Å². The van der Waals surface area contributed by atoms with Crippen LogP contribution in [0.5, 0.6) is 5.75 Å². The van der Waals surface area contributed by atoms with Crippen LogP contribution in [0.25, 0.3) is 10.9 Å². The zero-order chi connectivity index (χ0) is 22.8. The minimum absolute atomic E-state index is 0.118. The Balaban J connectivity index is 1.35. The largest absolute Gasteiger partial charge is 0.534 e. The molecule has 2 saturated carbocycles. The van der Waals surface area contributed by atoms with Gasteiger partial charge >= 0.3 is 15.6 Å². The summed E-state index contributed by atoms with van der Waals surface area (Å²) in [7, 11) is -5.75. The van der Waals surface area contributed by atoms with Crippen LogP contribution in [-0.4, -0.2) is 41.8 Å². The molecule has 32 heavy (non-hydrogen) atoms. The number of benzene rings is 1. The van der Waals surface area contributed by atoms with Crippen molar-refractivity contribution in [2.75, 3.05) is 0 Å². The van der Waals surface area contributed by atoms with E-state index in [0.29, 0.717) is 29.4 Å². The average molecular weight is 471 g/mol. The minimum atomic E-state index is -5.75. The summed E-state index contributed by atoms with van der Waals surface area (Å²) < 4.78 is 65.0. The first-order chi connectivity index (χ1) is 15.0. The van der Waals surface area contributed by atoms with Gasteiger partial charge in [0, 0.05) is 35.6 Å². The van der Waals surface area contributed by atoms with Crippen LogP contribution in [0.15, 0.2) is 24.4 Å². The van der Waals surface area contributed by atoms with Gasteiger partial charge in [-0.05, 0) is 73.6 Å². The Morgan fingerprint density at radius 2 is 1.78 bits per heavy atom. The molecule has 2 saturated heterocycles. The second-order valence-electron chi connectivity index (χ2n) is 9.56. The Morgan fingerprint density at radius 1 is 1.16 bits per heavy atom. The van der Waals surface area contributed by atoms with E-state index in [1.165, 1.54) is 24.6 Å². The lowest BCUT2D eigenvalue weighted by atomic mass is 9.63. The number of rotatable bonds is 5. The van der Waals surface area contributed by atoms with Gasteiger partial charge in [0.15, 0.2) is 0 Å². The number of alkyl halides is 3. The quantitative estimate of drug-likeness (QED) is 0.508. The molecule has 0 radical (unpaired) electrons. The summed E-state index contributed by atoms with van der Waals surface area (Å²) in [4.78, 5) is 18.4. The monoisotopic (exact) mass is 470 g/mol. The molecule has 1 atom stereocenters. The van der Waals surface area contributed by atoms with Crippen LogP contribution in [0.2, 0.25) is 0 Å². The van der Waals surface area contributed by atoms with E-state index in [1.807, 2.05) is 6.92 Å². The number of nitrogens with zero attached hydrogens (tertiary/aromatic N) is 1. The molecule has 1 N–H and O–H groups in total. The summed E-state index contributed by atoms with van der Waals surface area (Å²) in [5.74, 6) is 1.01. The highest BCUT2D eigenvalue weighted by Gasteiger charge is 2.49. The molecule has 6 rings (SSSR count). The van der Waals surface area contributed by atoms with E-state index in [2.05, 4.69) is 14.1 Å². The van der Waals surface area contributed by atoms with Gasteiger partial charge in [0.2, 0.25) is 5.91 Å². The molecule has 4 bridgehead atoms. The highest BCUT2D eigenvalue weighted by molar-refractivity contribution is 7.88. The fourth-order valence-electron chi connectivity index (χ4n) is 6.17. The molecule has 1 unspecified atom stereocenters. The predicted octanol–water partition coefficient (Wildman–Crippen LogP) is 4.68. The van der Waals surface area contributed by atoms with Crippen LogP contribution < -0.4 is 4.18 Å². The van der Waals surface area contributed by atoms with Gasteiger partial charge in [0.05, 0.1) is 0 Å². The highest BCUT2D eigenvalue weighted by Crippen LogP contribution is 2.49. The van der Waals surface area contributed by atoms with Crippen LogP contribution >= 0.6 is 0 Å². The van der Waals surface area contributed by atoms with Crippen molar-refractivity contribution in [1.29, 1.82) is 0 Å². The molecule has 2 aromatic rings. The van der Waals surface area contributed by atoms with E-state index >= 15 is 0 Å². The van der Waals surface area contributed by atoms with E-state index in [0.717, 1.165) is 43.1 Å². The van der Waals surface area contributed by atoms with Crippen molar-refractivity contribution in [3.8, 4) is 5.75 Å². The lowest BCUT2D eigenvalue weighted by Crippen LogP contribution is -2.59. The van der Waals surface area contributed by atoms with Crippen molar-refractivity contribution < 1.29 is 30.6 Å². The maximum absolute atomic E-state index is 13.2. The van der Waals surface area contributed by atoms with Crippen LogP contribution in [0, 0.1) is 11.8 Å². The van der Waals surface area contributed by atoms with E-state index in [4.69, 9.17) is 0 Å². The summed E-state index contributed by atoms with van der Waals surface area (Å²) in [6.07, 6.45) is 7.68. The SMILES string of the molecule is CC(CC(=O)N1C2CC3CC(C2)CC1C3)c1c[nH]c2ccc(OS(=O)(=O)C(F)(F)F)cc12. The molecule has 10 heteroatoms. The van der Waals surface area contributed by atoms with Crippen LogP contribution in [0.4, 0.5) is 13.2 Å². The molecular weight excluding hydrogens is 445 g/mol. The highest BCUT2D eigenvalue weighted by atomic mass is 32.2. The number of aromatic amines is 1. The second-order valence-corrected chi connectivity index (χ2v) is 11.1. The van der Waals surface area contributed by atoms with E-state index < -0.39 is 21.4 Å². The molecular formula is C22H25F3N2O4S. The van der Waals surface area contributed by atoms with E-state index in [9.17, 15) is 26.4 Å². The summed E-state index contributed by atoms with van der Waals surface area (Å²) >= 11 is 0. The van der Waals surface area contributed by atoms with Gasteiger partial charge in [-0.1, -0.05) is 6.92 Å². The van der Waals surface area contributed by atoms with Crippen molar-refractivity contribution in [3.05, 3.63) is 30.0 Å². The normalized spacial score (nSPS) is 28.3. The Labute approximate surface area is 184 Å². The average Bonchev–Trinajstić information content (AvgIpc) is 3.09. The van der Waals surface area contributed by atoms with Crippen molar-refractivity contribution >= 4 is 26.9 Å². The van der Waals surface area contributed by atoms with Gasteiger partial charge in [0.25, 0.3) is 0 Å². The van der Waals surface area contributed by atoms with Gasteiger partial charge in [-0.15, -0.1) is 0 Å². The molecule has 3 heterocycles. The number of hydrogen-bond acceptors (Lipinski definition) is 4. The molecule has 4 fully saturated rings. The van der Waals surface area contributed by atoms with E-state index in [1.54, 1.807) is 6.20 Å². The third-order valence-corrected chi connectivity index (χ3v) is 8.33. The Kier molecular flexibility index (Phi) is 4.99. The smallest absolute Gasteiger partial charge is 0.376 e. The number of piperidine rings is 2.